The Morgan fingerprint density at radius 3 is 1.81 bits per heavy atom. The van der Waals surface area contributed by atoms with E-state index in [-0.39, 0.29) is 12.4 Å². The van der Waals surface area contributed by atoms with Gasteiger partial charge in [-0.3, -0.25) is 0 Å². The van der Waals surface area contributed by atoms with Gasteiger partial charge in [-0.15, -0.1) is 11.6 Å². The van der Waals surface area contributed by atoms with E-state index >= 15 is 0 Å². The van der Waals surface area contributed by atoms with Gasteiger partial charge in [0.2, 0.25) is 0 Å². The molecule has 0 aromatic heterocycles. The summed E-state index contributed by atoms with van der Waals surface area (Å²) in [4.78, 5) is 0. The molecule has 0 saturated carbocycles. The number of hydrogen-bond acceptors (Lipinski definition) is 0. The van der Waals surface area contributed by atoms with Crippen molar-refractivity contribution in [3.63, 3.8) is 0 Å². The van der Waals surface area contributed by atoms with Gasteiger partial charge in [0.25, 0.3) is 0 Å². The van der Waals surface area contributed by atoms with Crippen molar-refractivity contribution in [3.8, 4) is 0 Å². The van der Waals surface area contributed by atoms with Crippen molar-refractivity contribution >= 4 is 11.6 Å². The highest BCUT2D eigenvalue weighted by atomic mass is 35.5. The van der Waals surface area contributed by atoms with Gasteiger partial charge in [0, 0.05) is 5.88 Å². The lowest BCUT2D eigenvalue weighted by Crippen LogP contribution is -3.00. The van der Waals surface area contributed by atoms with Crippen molar-refractivity contribution in [2.45, 2.75) is 51.9 Å². The lowest BCUT2D eigenvalue weighted by molar-refractivity contribution is -0.890. The van der Waals surface area contributed by atoms with Gasteiger partial charge in [-0.25, -0.2) is 0 Å². The molecule has 0 rings (SSSR count). The number of halogens is 2. The summed E-state index contributed by atoms with van der Waals surface area (Å²) in [6.07, 6.45) is 9.38. The Labute approximate surface area is 114 Å². The van der Waals surface area contributed by atoms with Gasteiger partial charge in [0.1, 0.15) is 0 Å². The van der Waals surface area contributed by atoms with E-state index in [1.165, 1.54) is 62.5 Å². The third kappa shape index (κ3) is 12.6. The predicted molar refractivity (Wildman–Crippen MR) is 70.6 cm³/mol. The first-order valence-electron chi connectivity index (χ1n) is 6.50. The zero-order valence-electron chi connectivity index (χ0n) is 11.3. The normalized spacial score (nSPS) is 11.2. The second kappa shape index (κ2) is 12.0. The third-order valence-corrected chi connectivity index (χ3v) is 3.28. The van der Waals surface area contributed by atoms with E-state index in [2.05, 4.69) is 21.0 Å². The minimum absolute atomic E-state index is 0. The fourth-order valence-electron chi connectivity index (χ4n) is 1.89. The lowest BCUT2D eigenvalue weighted by atomic mass is 10.1. The summed E-state index contributed by atoms with van der Waals surface area (Å²) in [6.45, 7) is 4.87. The van der Waals surface area contributed by atoms with Crippen LogP contribution in [0.25, 0.3) is 0 Å². The number of rotatable bonds is 10. The van der Waals surface area contributed by atoms with Crippen molar-refractivity contribution in [2.24, 2.45) is 0 Å². The number of alkyl halides is 1. The van der Waals surface area contributed by atoms with E-state index in [0.717, 1.165) is 5.88 Å². The van der Waals surface area contributed by atoms with E-state index in [9.17, 15) is 0 Å². The summed E-state index contributed by atoms with van der Waals surface area (Å²) < 4.78 is 1.17. The fourth-order valence-corrected chi connectivity index (χ4v) is 2.08. The van der Waals surface area contributed by atoms with Gasteiger partial charge >= 0.3 is 0 Å². The lowest BCUT2D eigenvalue weighted by Gasteiger charge is -2.29. The topological polar surface area (TPSA) is 0 Å². The zero-order valence-corrected chi connectivity index (χ0v) is 12.8. The molecule has 0 aliphatic rings. The van der Waals surface area contributed by atoms with Crippen LogP contribution in [0.4, 0.5) is 0 Å². The van der Waals surface area contributed by atoms with E-state index in [4.69, 9.17) is 11.6 Å². The van der Waals surface area contributed by atoms with Crippen LogP contribution in [0.5, 0.6) is 0 Å². The summed E-state index contributed by atoms with van der Waals surface area (Å²) in [5.74, 6) is 0.816. The van der Waals surface area contributed by atoms with Crippen LogP contribution in [-0.2, 0) is 0 Å². The first-order valence-corrected chi connectivity index (χ1v) is 7.04. The van der Waals surface area contributed by atoms with Crippen LogP contribution in [-0.4, -0.2) is 37.5 Å². The quantitative estimate of drug-likeness (QED) is 0.316. The van der Waals surface area contributed by atoms with Crippen LogP contribution < -0.4 is 12.4 Å². The monoisotopic (exact) mass is 269 g/mol. The fraction of sp³-hybridized carbons (Fsp3) is 1.00. The molecule has 0 radical (unpaired) electrons. The van der Waals surface area contributed by atoms with Crippen molar-refractivity contribution < 1.29 is 16.9 Å². The minimum atomic E-state index is 0. The summed E-state index contributed by atoms with van der Waals surface area (Å²) in [7, 11) is 4.68. The molecule has 0 aliphatic heterocycles. The summed E-state index contributed by atoms with van der Waals surface area (Å²) in [5, 5.41) is 0. The molecule has 1 nitrogen and oxygen atoms in total. The number of quaternary nitrogens is 1. The molecular formula is C13H29Cl2N. The minimum Gasteiger partial charge on any atom is -1.00 e. The maximum absolute atomic E-state index is 5.68. The first-order chi connectivity index (χ1) is 7.12. The van der Waals surface area contributed by atoms with Gasteiger partial charge in [0.15, 0.2) is 0 Å². The Hall–Kier alpha value is 0.540. The van der Waals surface area contributed by atoms with E-state index in [1.807, 2.05) is 0 Å². The van der Waals surface area contributed by atoms with Gasteiger partial charge in [-0.2, -0.15) is 0 Å². The second-order valence-corrected chi connectivity index (χ2v) is 5.57. The molecule has 0 aliphatic carbocycles. The Bertz CT molecular complexity index is 138. The number of unbranched alkanes of at least 4 members (excludes halogenated alkanes) is 5. The molecule has 0 fully saturated rings. The van der Waals surface area contributed by atoms with Crippen LogP contribution in [0.1, 0.15) is 51.9 Å². The molecular weight excluding hydrogens is 241 g/mol. The van der Waals surface area contributed by atoms with Gasteiger partial charge in [-0.05, 0) is 25.7 Å². The van der Waals surface area contributed by atoms with Gasteiger partial charge < -0.3 is 16.9 Å². The molecule has 0 atom stereocenters. The highest BCUT2D eigenvalue weighted by Gasteiger charge is 2.13. The van der Waals surface area contributed by atoms with Crippen LogP contribution in [0.15, 0.2) is 0 Å². The SMILES string of the molecule is CCCCCCC[N+](C)(C)CCCCCl.[Cl-]. The molecule has 100 valence electrons. The van der Waals surface area contributed by atoms with Crippen molar-refractivity contribution in [2.75, 3.05) is 33.1 Å². The molecule has 0 aromatic carbocycles. The maximum atomic E-state index is 5.68. The summed E-state index contributed by atoms with van der Waals surface area (Å²) in [6, 6.07) is 0. The zero-order chi connectivity index (χ0) is 11.6. The van der Waals surface area contributed by atoms with Crippen LogP contribution >= 0.6 is 11.6 Å². The Kier molecular flexibility index (Phi) is 14.2. The van der Waals surface area contributed by atoms with Crippen molar-refractivity contribution in [3.05, 3.63) is 0 Å². The third-order valence-electron chi connectivity index (χ3n) is 3.01. The average molecular weight is 270 g/mol. The molecule has 0 spiro atoms. The molecule has 0 unspecified atom stereocenters. The molecule has 0 saturated heterocycles. The predicted octanol–water partition coefficient (Wildman–Crippen LogP) is 1.06. The van der Waals surface area contributed by atoms with Crippen LogP contribution in [0, 0.1) is 0 Å². The summed E-state index contributed by atoms with van der Waals surface area (Å²) >= 11 is 5.68. The van der Waals surface area contributed by atoms with Gasteiger partial charge in [0.05, 0.1) is 27.2 Å². The molecule has 0 heterocycles. The largest absolute Gasteiger partial charge is 1.00 e. The first kappa shape index (κ1) is 18.9. The Morgan fingerprint density at radius 2 is 1.31 bits per heavy atom. The van der Waals surface area contributed by atoms with E-state index in [1.54, 1.807) is 0 Å². The Balaban J connectivity index is 0. The number of hydrogen-bond donors (Lipinski definition) is 0. The molecule has 3 heteroatoms. The smallest absolute Gasteiger partial charge is 0.0782 e. The molecule has 16 heavy (non-hydrogen) atoms. The van der Waals surface area contributed by atoms with E-state index in [0.29, 0.717) is 0 Å². The van der Waals surface area contributed by atoms with Crippen molar-refractivity contribution in [1.29, 1.82) is 0 Å². The summed E-state index contributed by atoms with van der Waals surface area (Å²) in [5.41, 5.74) is 0. The highest BCUT2D eigenvalue weighted by Crippen LogP contribution is 2.08. The second-order valence-electron chi connectivity index (χ2n) is 5.19. The van der Waals surface area contributed by atoms with Crippen LogP contribution in [0.2, 0.25) is 0 Å². The van der Waals surface area contributed by atoms with Gasteiger partial charge in [-0.1, -0.05) is 26.2 Å². The molecule has 0 N–H and O–H groups in total. The number of nitrogens with zero attached hydrogens (tertiary/aromatic N) is 1. The molecule has 0 bridgehead atoms. The molecule has 0 aromatic rings. The maximum Gasteiger partial charge on any atom is 0.0782 e. The van der Waals surface area contributed by atoms with Crippen LogP contribution in [0.3, 0.4) is 0 Å². The van der Waals surface area contributed by atoms with E-state index < -0.39 is 0 Å². The van der Waals surface area contributed by atoms with Crippen molar-refractivity contribution in [1.82, 2.24) is 0 Å². The highest BCUT2D eigenvalue weighted by molar-refractivity contribution is 6.17. The Morgan fingerprint density at radius 1 is 0.812 bits per heavy atom. The molecule has 0 amide bonds. The standard InChI is InChI=1S/C13H29ClN.ClH/c1-4-5-6-7-9-12-15(2,3)13-10-8-11-14;/h4-13H2,1-3H3;1H/q+1;/p-1. The average Bonchev–Trinajstić information content (AvgIpc) is 2.17.